The van der Waals surface area contributed by atoms with E-state index in [4.69, 9.17) is 23.2 Å². The van der Waals surface area contributed by atoms with Crippen LogP contribution in [0.1, 0.15) is 0 Å². The molecule has 0 spiro atoms. The van der Waals surface area contributed by atoms with Crippen molar-refractivity contribution >= 4 is 23.2 Å². The van der Waals surface area contributed by atoms with Crippen LogP contribution in [0.2, 0.25) is 0 Å². The lowest BCUT2D eigenvalue weighted by molar-refractivity contribution is 0.420. The van der Waals surface area contributed by atoms with Crippen molar-refractivity contribution in [2.45, 2.75) is 4.84 Å². The number of hydrogen-bond acceptors (Lipinski definition) is 0. The zero-order valence-corrected chi connectivity index (χ0v) is 6.09. The maximum absolute atomic E-state index is 11.0. The molecule has 0 bridgehead atoms. The van der Waals surface area contributed by atoms with Crippen LogP contribution < -0.4 is 0 Å². The summed E-state index contributed by atoms with van der Waals surface area (Å²) in [5, 5.41) is 0. The fourth-order valence-corrected chi connectivity index (χ4v) is 0.286. The van der Waals surface area contributed by atoms with Gasteiger partial charge in [-0.3, -0.25) is 0 Å². The Morgan fingerprint density at radius 1 is 1.33 bits per heavy atom. The topological polar surface area (TPSA) is 0 Å². The van der Waals surface area contributed by atoms with E-state index in [0.29, 0.717) is 6.08 Å². The molecule has 0 atom stereocenters. The maximum atomic E-state index is 11.0. The van der Waals surface area contributed by atoms with Crippen LogP contribution in [-0.2, 0) is 0 Å². The van der Waals surface area contributed by atoms with Gasteiger partial charge in [0.25, 0.3) is 6.08 Å². The van der Waals surface area contributed by atoms with E-state index in [0.717, 1.165) is 0 Å². The molecule has 0 aromatic rings. The van der Waals surface area contributed by atoms with Gasteiger partial charge in [-0.05, 0) is 0 Å². The molecule has 0 saturated heterocycles. The van der Waals surface area contributed by atoms with E-state index in [1.165, 1.54) is 0 Å². The fraction of sp³-hybridized carbons (Fsp3) is 0.200. The van der Waals surface area contributed by atoms with Crippen molar-refractivity contribution < 1.29 is 8.78 Å². The Hall–Kier alpha value is -0.0800. The molecule has 0 nitrogen and oxygen atoms in total. The van der Waals surface area contributed by atoms with Gasteiger partial charge in [0.2, 0.25) is 0 Å². The summed E-state index contributed by atoms with van der Waals surface area (Å²) in [6, 6.07) is 0. The first-order valence-corrected chi connectivity index (χ1v) is 2.81. The Morgan fingerprint density at radius 3 is 1.67 bits per heavy atom. The molecule has 0 unspecified atom stereocenters. The Kier molecular flexibility index (Phi) is 10.3. The largest absolute Gasteiger partial charge is 0.269 e. The fourth-order valence-electron chi connectivity index (χ4n) is 0.0952. The summed E-state index contributed by atoms with van der Waals surface area (Å²) in [6.45, 7) is 6.00. The molecule has 0 radical (unpaired) electrons. The highest BCUT2D eigenvalue weighted by atomic mass is 35.5. The summed E-state index contributed by atoms with van der Waals surface area (Å²) >= 11 is 9.76. The molecule has 54 valence electrons. The average Bonchev–Trinajstić information content (AvgIpc) is 1.68. The minimum Gasteiger partial charge on any atom is -0.174 e. The molecule has 0 rings (SSSR count). The minimum absolute atomic E-state index is 0.448. The number of hydrogen-bond donors (Lipinski definition) is 0. The van der Waals surface area contributed by atoms with Crippen molar-refractivity contribution in [3.8, 4) is 0 Å². The standard InChI is InChI=1S/C3H2Cl2F2.C2H4/c4-2(5)1-3(6)7;1-2/h1-2H;1-2H2. The van der Waals surface area contributed by atoms with Gasteiger partial charge < -0.3 is 0 Å². The summed E-state index contributed by atoms with van der Waals surface area (Å²) in [5.74, 6) is 0. The molecular weight excluding hydrogens is 169 g/mol. The third-order valence-electron chi connectivity index (χ3n) is 0.252. The minimum atomic E-state index is -1.85. The number of halogens is 4. The normalized spacial score (nSPS) is 7.67. The van der Waals surface area contributed by atoms with Crippen LogP contribution in [0.4, 0.5) is 8.78 Å². The van der Waals surface area contributed by atoms with Gasteiger partial charge in [-0.15, -0.1) is 36.4 Å². The first-order chi connectivity index (χ1) is 4.13. The van der Waals surface area contributed by atoms with Crippen molar-refractivity contribution in [1.82, 2.24) is 0 Å². The lowest BCUT2D eigenvalue weighted by atomic mass is 10.7. The molecule has 0 aliphatic rings. The second-order valence-electron chi connectivity index (χ2n) is 0.791. The second-order valence-corrected chi connectivity index (χ2v) is 1.95. The summed E-state index contributed by atoms with van der Waals surface area (Å²) < 4.78 is 22.0. The van der Waals surface area contributed by atoms with Crippen LogP contribution in [0.3, 0.4) is 0 Å². The highest BCUT2D eigenvalue weighted by Gasteiger charge is 1.94. The average molecular weight is 175 g/mol. The monoisotopic (exact) mass is 174 g/mol. The zero-order chi connectivity index (χ0) is 7.86. The van der Waals surface area contributed by atoms with Gasteiger partial charge in [0, 0.05) is 6.08 Å². The van der Waals surface area contributed by atoms with Gasteiger partial charge in [-0.1, -0.05) is 0 Å². The van der Waals surface area contributed by atoms with Crippen molar-refractivity contribution in [3.63, 3.8) is 0 Å². The lowest BCUT2D eigenvalue weighted by Gasteiger charge is -1.82. The van der Waals surface area contributed by atoms with Crippen molar-refractivity contribution in [1.29, 1.82) is 0 Å². The SMILES string of the molecule is C=C.FC(F)=CC(Cl)Cl. The highest BCUT2D eigenvalue weighted by Crippen LogP contribution is 2.07. The Balaban J connectivity index is 0. The van der Waals surface area contributed by atoms with Gasteiger partial charge in [-0.2, -0.15) is 8.78 Å². The number of alkyl halides is 2. The molecule has 0 N–H and O–H groups in total. The first kappa shape index (κ1) is 11.7. The van der Waals surface area contributed by atoms with Crippen LogP contribution in [-0.4, -0.2) is 4.84 Å². The van der Waals surface area contributed by atoms with Gasteiger partial charge in [0.1, 0.15) is 4.84 Å². The molecule has 0 heterocycles. The molecule has 9 heavy (non-hydrogen) atoms. The maximum Gasteiger partial charge on any atom is 0.269 e. The summed E-state index contributed by atoms with van der Waals surface area (Å²) in [5.41, 5.74) is 0. The van der Waals surface area contributed by atoms with E-state index in [-0.39, 0.29) is 0 Å². The third-order valence-corrected chi connectivity index (χ3v) is 0.504. The first-order valence-electron chi connectivity index (χ1n) is 1.94. The molecule has 0 amide bonds. The quantitative estimate of drug-likeness (QED) is 0.423. The van der Waals surface area contributed by atoms with E-state index < -0.39 is 10.9 Å². The van der Waals surface area contributed by atoms with Gasteiger partial charge in [0.05, 0.1) is 0 Å². The Bertz CT molecular complexity index is 87.0. The van der Waals surface area contributed by atoms with Crippen LogP contribution in [0, 0.1) is 0 Å². The van der Waals surface area contributed by atoms with Crippen molar-refractivity contribution in [2.24, 2.45) is 0 Å². The van der Waals surface area contributed by atoms with E-state index >= 15 is 0 Å². The van der Waals surface area contributed by atoms with E-state index in [1.807, 2.05) is 0 Å². The molecule has 4 heteroatoms. The second kappa shape index (κ2) is 7.92. The highest BCUT2D eigenvalue weighted by molar-refractivity contribution is 6.45. The van der Waals surface area contributed by atoms with E-state index in [1.54, 1.807) is 0 Å². The molecular formula is C5H6Cl2F2. The van der Waals surface area contributed by atoms with Crippen LogP contribution in [0.25, 0.3) is 0 Å². The van der Waals surface area contributed by atoms with Crippen LogP contribution in [0.5, 0.6) is 0 Å². The molecule has 0 saturated carbocycles. The predicted octanol–water partition coefficient (Wildman–Crippen LogP) is 3.37. The van der Waals surface area contributed by atoms with Gasteiger partial charge in [0.15, 0.2) is 0 Å². The van der Waals surface area contributed by atoms with Crippen molar-refractivity contribution in [2.75, 3.05) is 0 Å². The summed E-state index contributed by atoms with van der Waals surface area (Å²) in [6.07, 6.45) is -1.40. The van der Waals surface area contributed by atoms with Gasteiger partial charge in [-0.25, -0.2) is 0 Å². The number of rotatable bonds is 1. The van der Waals surface area contributed by atoms with Gasteiger partial charge >= 0.3 is 0 Å². The van der Waals surface area contributed by atoms with Crippen LogP contribution >= 0.6 is 23.2 Å². The molecule has 0 aliphatic heterocycles. The number of allylic oxidation sites excluding steroid dienone is 1. The third kappa shape index (κ3) is 18.1. The Labute approximate surface area is 62.8 Å². The van der Waals surface area contributed by atoms with Crippen LogP contribution in [0.15, 0.2) is 25.3 Å². The summed E-state index contributed by atoms with van der Waals surface area (Å²) in [7, 11) is 0. The lowest BCUT2D eigenvalue weighted by Crippen LogP contribution is -1.74. The Morgan fingerprint density at radius 2 is 1.67 bits per heavy atom. The zero-order valence-electron chi connectivity index (χ0n) is 4.58. The molecule has 0 aromatic heterocycles. The molecule has 0 fully saturated rings. The smallest absolute Gasteiger partial charge is 0.174 e. The summed E-state index contributed by atoms with van der Waals surface area (Å²) in [4.78, 5) is -1.09. The van der Waals surface area contributed by atoms with Crippen molar-refractivity contribution in [3.05, 3.63) is 25.3 Å². The predicted molar refractivity (Wildman–Crippen MR) is 37.0 cm³/mol. The molecule has 0 aromatic carbocycles. The van der Waals surface area contributed by atoms with E-state index in [9.17, 15) is 8.78 Å². The molecule has 0 aliphatic carbocycles. The van der Waals surface area contributed by atoms with E-state index in [2.05, 4.69) is 13.2 Å².